The van der Waals surface area contributed by atoms with Crippen LogP contribution in [-0.2, 0) is 16.0 Å². The largest absolute Gasteiger partial charge is 0.352 e. The Morgan fingerprint density at radius 3 is 1.76 bits per heavy atom. The van der Waals surface area contributed by atoms with Crippen molar-refractivity contribution < 1.29 is 9.59 Å². The van der Waals surface area contributed by atoms with Gasteiger partial charge in [0.2, 0.25) is 11.8 Å². The Balaban J connectivity index is 1.57. The second-order valence-corrected chi connectivity index (χ2v) is 8.85. The van der Waals surface area contributed by atoms with Crippen molar-refractivity contribution in [3.05, 3.63) is 108 Å². The van der Waals surface area contributed by atoms with Crippen molar-refractivity contribution in [2.24, 2.45) is 0 Å². The van der Waals surface area contributed by atoms with E-state index in [1.807, 2.05) is 91.0 Å². The van der Waals surface area contributed by atoms with Crippen LogP contribution in [0.4, 0.5) is 0 Å². The van der Waals surface area contributed by atoms with Crippen LogP contribution in [0, 0.1) is 0 Å². The average Bonchev–Trinajstić information content (AvgIpc) is 2.86. The molecule has 0 saturated heterocycles. The van der Waals surface area contributed by atoms with Crippen LogP contribution in [-0.4, -0.2) is 23.9 Å². The third-order valence-corrected chi connectivity index (χ3v) is 6.40. The van der Waals surface area contributed by atoms with E-state index in [4.69, 9.17) is 0 Å². The van der Waals surface area contributed by atoms with Gasteiger partial charge in [0.25, 0.3) is 0 Å². The molecule has 1 saturated carbocycles. The maximum atomic E-state index is 13.7. The van der Waals surface area contributed by atoms with Crippen LogP contribution in [0.1, 0.15) is 54.7 Å². The smallest absolute Gasteiger partial charge is 0.243 e. The molecule has 1 atom stereocenters. The summed E-state index contributed by atoms with van der Waals surface area (Å²) in [5, 5.41) is 6.31. The van der Waals surface area contributed by atoms with Crippen LogP contribution in [0.2, 0.25) is 0 Å². The number of hydrogen-bond donors (Lipinski definition) is 2. The molecule has 4 nitrogen and oxygen atoms in total. The Labute approximate surface area is 196 Å². The van der Waals surface area contributed by atoms with Gasteiger partial charge in [0, 0.05) is 12.5 Å². The van der Waals surface area contributed by atoms with E-state index in [0.717, 1.165) is 42.4 Å². The molecular weight excluding hydrogens is 408 g/mol. The summed E-state index contributed by atoms with van der Waals surface area (Å²) in [7, 11) is 0. The van der Waals surface area contributed by atoms with Crippen LogP contribution in [0.5, 0.6) is 0 Å². The lowest BCUT2D eigenvalue weighted by Gasteiger charge is -2.27. The molecule has 0 unspecified atom stereocenters. The summed E-state index contributed by atoms with van der Waals surface area (Å²) in [5.41, 5.74) is 2.84. The first kappa shape index (κ1) is 22.8. The minimum absolute atomic E-state index is 0.0982. The van der Waals surface area contributed by atoms with Crippen LogP contribution >= 0.6 is 0 Å². The third-order valence-electron chi connectivity index (χ3n) is 6.40. The van der Waals surface area contributed by atoms with E-state index < -0.39 is 12.0 Å². The van der Waals surface area contributed by atoms with E-state index in [1.165, 1.54) is 6.42 Å². The highest BCUT2D eigenvalue weighted by Gasteiger charge is 2.29. The molecule has 0 spiro atoms. The Kier molecular flexibility index (Phi) is 7.91. The predicted molar refractivity (Wildman–Crippen MR) is 132 cm³/mol. The van der Waals surface area contributed by atoms with E-state index in [2.05, 4.69) is 10.6 Å². The number of carbonyl (C=O) groups is 2. The second kappa shape index (κ2) is 11.5. The molecule has 4 heteroatoms. The van der Waals surface area contributed by atoms with Crippen LogP contribution in [0.15, 0.2) is 91.0 Å². The number of nitrogens with one attached hydrogen (secondary N) is 2. The molecule has 2 amide bonds. The molecule has 2 N–H and O–H groups in total. The first-order valence-corrected chi connectivity index (χ1v) is 12.0. The molecule has 1 aliphatic carbocycles. The molecule has 0 bridgehead atoms. The van der Waals surface area contributed by atoms with Gasteiger partial charge < -0.3 is 10.6 Å². The summed E-state index contributed by atoms with van der Waals surface area (Å²) in [6.07, 6.45) is 5.99. The summed E-state index contributed by atoms with van der Waals surface area (Å²) < 4.78 is 0. The van der Waals surface area contributed by atoms with Gasteiger partial charge in [0.05, 0.1) is 5.92 Å². The summed E-state index contributed by atoms with van der Waals surface area (Å²) in [6, 6.07) is 29.0. The molecule has 170 valence electrons. The topological polar surface area (TPSA) is 58.2 Å². The minimum atomic E-state index is -0.628. The van der Waals surface area contributed by atoms with Gasteiger partial charge in [-0.15, -0.1) is 0 Å². The van der Waals surface area contributed by atoms with Gasteiger partial charge in [0.1, 0.15) is 6.04 Å². The highest BCUT2D eigenvalue weighted by atomic mass is 16.2. The van der Waals surface area contributed by atoms with E-state index in [9.17, 15) is 9.59 Å². The zero-order chi connectivity index (χ0) is 22.9. The standard InChI is InChI=1S/C29H32N2O2/c32-28(30-25-19-11-4-12-20-25)26(21-22-13-5-1-6-14-22)31-29(33)27(23-15-7-2-8-16-23)24-17-9-3-10-18-24/h1-3,5-10,13-18,25-27H,4,11-12,19-21H2,(H,30,32)(H,31,33)/t26-/m1/s1. The summed E-state index contributed by atoms with van der Waals surface area (Å²) in [4.78, 5) is 27.0. The highest BCUT2D eigenvalue weighted by Crippen LogP contribution is 2.25. The Bertz CT molecular complexity index is 976. The Hall–Kier alpha value is -3.40. The molecule has 3 aromatic carbocycles. The first-order chi connectivity index (χ1) is 16.2. The lowest BCUT2D eigenvalue weighted by molar-refractivity contribution is -0.129. The van der Waals surface area contributed by atoms with Crippen molar-refractivity contribution in [3.8, 4) is 0 Å². The van der Waals surface area contributed by atoms with Crippen molar-refractivity contribution in [3.63, 3.8) is 0 Å². The van der Waals surface area contributed by atoms with Gasteiger partial charge in [-0.2, -0.15) is 0 Å². The van der Waals surface area contributed by atoms with Crippen LogP contribution < -0.4 is 10.6 Å². The predicted octanol–water partition coefficient (Wildman–Crippen LogP) is 4.99. The Morgan fingerprint density at radius 2 is 1.21 bits per heavy atom. The molecule has 0 radical (unpaired) electrons. The third kappa shape index (κ3) is 6.32. The molecule has 1 fully saturated rings. The van der Waals surface area contributed by atoms with Crippen molar-refractivity contribution in [2.45, 2.75) is 56.5 Å². The Morgan fingerprint density at radius 1 is 0.697 bits per heavy atom. The lowest BCUT2D eigenvalue weighted by Crippen LogP contribution is -2.52. The second-order valence-electron chi connectivity index (χ2n) is 8.85. The van der Waals surface area contributed by atoms with Gasteiger partial charge in [-0.1, -0.05) is 110 Å². The summed E-state index contributed by atoms with van der Waals surface area (Å²) >= 11 is 0. The quantitative estimate of drug-likeness (QED) is 0.518. The van der Waals surface area contributed by atoms with Crippen molar-refractivity contribution in [2.75, 3.05) is 0 Å². The number of amides is 2. The van der Waals surface area contributed by atoms with E-state index >= 15 is 0 Å². The zero-order valence-electron chi connectivity index (χ0n) is 19.0. The summed E-state index contributed by atoms with van der Waals surface area (Å²) in [6.45, 7) is 0. The molecule has 0 aliphatic heterocycles. The first-order valence-electron chi connectivity index (χ1n) is 12.0. The zero-order valence-corrected chi connectivity index (χ0v) is 19.0. The molecule has 33 heavy (non-hydrogen) atoms. The SMILES string of the molecule is O=C(N[C@H](Cc1ccccc1)C(=O)NC1CCCCC1)C(c1ccccc1)c1ccccc1. The van der Waals surface area contributed by atoms with Crippen molar-refractivity contribution >= 4 is 11.8 Å². The van der Waals surface area contributed by atoms with Crippen molar-refractivity contribution in [1.82, 2.24) is 10.6 Å². The van der Waals surface area contributed by atoms with Gasteiger partial charge in [-0.3, -0.25) is 9.59 Å². The fraction of sp³-hybridized carbons (Fsp3) is 0.310. The number of carbonyl (C=O) groups excluding carboxylic acids is 2. The summed E-state index contributed by atoms with van der Waals surface area (Å²) in [5.74, 6) is -0.737. The maximum Gasteiger partial charge on any atom is 0.243 e. The van der Waals surface area contributed by atoms with Crippen LogP contribution in [0.25, 0.3) is 0 Å². The fourth-order valence-electron chi connectivity index (χ4n) is 4.65. The minimum Gasteiger partial charge on any atom is -0.352 e. The van der Waals surface area contributed by atoms with Crippen molar-refractivity contribution in [1.29, 1.82) is 0 Å². The van der Waals surface area contributed by atoms with E-state index in [-0.39, 0.29) is 17.9 Å². The maximum absolute atomic E-state index is 13.7. The van der Waals surface area contributed by atoms with Crippen LogP contribution in [0.3, 0.4) is 0 Å². The number of rotatable bonds is 8. The molecule has 0 aromatic heterocycles. The fourth-order valence-corrected chi connectivity index (χ4v) is 4.65. The average molecular weight is 441 g/mol. The molecule has 1 aliphatic rings. The number of hydrogen-bond acceptors (Lipinski definition) is 2. The molecule has 0 heterocycles. The molecule has 3 aromatic rings. The lowest BCUT2D eigenvalue weighted by atomic mass is 9.90. The van der Waals surface area contributed by atoms with E-state index in [0.29, 0.717) is 6.42 Å². The normalized spacial score (nSPS) is 15.1. The van der Waals surface area contributed by atoms with Gasteiger partial charge >= 0.3 is 0 Å². The van der Waals surface area contributed by atoms with E-state index in [1.54, 1.807) is 0 Å². The van der Waals surface area contributed by atoms with Gasteiger partial charge in [-0.05, 0) is 29.5 Å². The number of benzene rings is 3. The molecule has 4 rings (SSSR count). The monoisotopic (exact) mass is 440 g/mol. The molecular formula is C29H32N2O2. The van der Waals surface area contributed by atoms with Gasteiger partial charge in [-0.25, -0.2) is 0 Å². The highest BCUT2D eigenvalue weighted by molar-refractivity contribution is 5.92. The van der Waals surface area contributed by atoms with Gasteiger partial charge in [0.15, 0.2) is 0 Å².